The van der Waals surface area contributed by atoms with Gasteiger partial charge in [-0.1, -0.05) is 18.2 Å². The van der Waals surface area contributed by atoms with Crippen molar-refractivity contribution in [3.8, 4) is 0 Å². The number of rotatable bonds is 6. The van der Waals surface area contributed by atoms with Gasteiger partial charge in [-0.25, -0.2) is 0 Å². The van der Waals surface area contributed by atoms with Crippen LogP contribution < -0.4 is 5.73 Å². The Balaban J connectivity index is 2.37. The van der Waals surface area contributed by atoms with Crippen molar-refractivity contribution >= 4 is 17.5 Å². The largest absolute Gasteiger partial charge is 0.381 e. The number of carbonyl (C=O) groups excluding carboxylic acids is 3. The normalized spacial score (nSPS) is 21.0. The van der Waals surface area contributed by atoms with Crippen LogP contribution in [0, 0.1) is 12.8 Å². The maximum atomic E-state index is 12.4. The number of fused-ring (bicyclic) bond motifs is 1. The minimum Gasteiger partial charge on any atom is -0.381 e. The highest BCUT2D eigenvalue weighted by atomic mass is 16.3. The molecule has 24 heavy (non-hydrogen) atoms. The summed E-state index contributed by atoms with van der Waals surface area (Å²) in [5.41, 5.74) is 6.42. The molecule has 0 heterocycles. The molecule has 1 amide bonds. The van der Waals surface area contributed by atoms with Crippen LogP contribution in [0.3, 0.4) is 0 Å². The minimum absolute atomic E-state index is 0.0251. The zero-order chi connectivity index (χ0) is 18.1. The van der Waals surface area contributed by atoms with Gasteiger partial charge in [-0.2, -0.15) is 0 Å². The van der Waals surface area contributed by atoms with E-state index in [2.05, 4.69) is 0 Å². The highest BCUT2D eigenvalue weighted by molar-refractivity contribution is 6.08. The number of primary amides is 1. The van der Waals surface area contributed by atoms with Crippen LogP contribution in [-0.2, 0) is 15.2 Å². The molecule has 1 aromatic rings. The first kappa shape index (κ1) is 18.1. The van der Waals surface area contributed by atoms with Crippen molar-refractivity contribution in [1.29, 1.82) is 0 Å². The first-order valence-electron chi connectivity index (χ1n) is 8.01. The van der Waals surface area contributed by atoms with E-state index in [1.54, 1.807) is 19.1 Å². The number of hydrogen-bond acceptors (Lipinski definition) is 4. The number of aliphatic hydroxyl groups is 1. The van der Waals surface area contributed by atoms with Crippen LogP contribution in [0.15, 0.2) is 29.8 Å². The third kappa shape index (κ3) is 3.46. The predicted molar refractivity (Wildman–Crippen MR) is 90.4 cm³/mol. The highest BCUT2D eigenvalue weighted by Crippen LogP contribution is 2.41. The molecule has 1 aliphatic rings. The summed E-state index contributed by atoms with van der Waals surface area (Å²) in [6.45, 7) is 4.92. The first-order valence-corrected chi connectivity index (χ1v) is 8.01. The molecule has 0 aromatic heterocycles. The van der Waals surface area contributed by atoms with Crippen molar-refractivity contribution in [3.63, 3.8) is 0 Å². The fourth-order valence-electron chi connectivity index (χ4n) is 3.30. The Hall–Kier alpha value is -2.27. The lowest BCUT2D eigenvalue weighted by atomic mass is 9.73. The molecule has 2 unspecified atom stereocenters. The van der Waals surface area contributed by atoms with Gasteiger partial charge >= 0.3 is 0 Å². The Labute approximate surface area is 141 Å². The minimum atomic E-state index is -1.35. The molecule has 2 atom stereocenters. The van der Waals surface area contributed by atoms with Crippen LogP contribution in [0.4, 0.5) is 0 Å². The van der Waals surface area contributed by atoms with E-state index >= 15 is 0 Å². The van der Waals surface area contributed by atoms with E-state index < -0.39 is 17.4 Å². The molecular weight excluding hydrogens is 306 g/mol. The van der Waals surface area contributed by atoms with Crippen LogP contribution in [0.2, 0.25) is 0 Å². The number of aryl methyl sites for hydroxylation is 1. The van der Waals surface area contributed by atoms with E-state index in [1.165, 1.54) is 13.0 Å². The van der Waals surface area contributed by atoms with Gasteiger partial charge in [0.25, 0.3) is 0 Å². The van der Waals surface area contributed by atoms with Gasteiger partial charge < -0.3 is 15.6 Å². The molecule has 0 spiro atoms. The Morgan fingerprint density at radius 2 is 2.00 bits per heavy atom. The molecule has 0 aliphatic heterocycles. The van der Waals surface area contributed by atoms with Gasteiger partial charge in [-0.3, -0.25) is 9.59 Å². The molecule has 0 saturated heterocycles. The van der Waals surface area contributed by atoms with E-state index in [9.17, 15) is 19.5 Å². The number of Topliss-reactive ketones (excluding diaryl/α,β-unsaturated/α-hetero) is 1. The second kappa shape index (κ2) is 6.69. The van der Waals surface area contributed by atoms with E-state index in [4.69, 9.17) is 5.73 Å². The summed E-state index contributed by atoms with van der Waals surface area (Å²) < 4.78 is 0. The summed E-state index contributed by atoms with van der Waals surface area (Å²) in [6.07, 6.45) is 2.11. The molecule has 1 aromatic carbocycles. The maximum absolute atomic E-state index is 12.4. The smallest absolute Gasteiger partial charge is 0.220 e. The zero-order valence-electron chi connectivity index (χ0n) is 14.3. The summed E-state index contributed by atoms with van der Waals surface area (Å²) in [4.78, 5) is 35.3. The van der Waals surface area contributed by atoms with Gasteiger partial charge in [0, 0.05) is 23.5 Å². The van der Waals surface area contributed by atoms with Crippen LogP contribution in [0.1, 0.15) is 54.6 Å². The zero-order valence-corrected chi connectivity index (χ0v) is 14.3. The van der Waals surface area contributed by atoms with E-state index in [0.717, 1.165) is 5.56 Å². The van der Waals surface area contributed by atoms with Gasteiger partial charge in [-0.15, -0.1) is 0 Å². The van der Waals surface area contributed by atoms with Gasteiger partial charge in [0.2, 0.25) is 5.91 Å². The number of amides is 1. The summed E-state index contributed by atoms with van der Waals surface area (Å²) in [5.74, 6) is -1.34. The van der Waals surface area contributed by atoms with Crippen molar-refractivity contribution < 1.29 is 19.5 Å². The summed E-state index contributed by atoms with van der Waals surface area (Å²) in [5, 5.41) is 11.1. The Morgan fingerprint density at radius 1 is 1.33 bits per heavy atom. The standard InChI is InChI=1S/C19H23NO4/c1-11-5-4-6-15-16(22)10-14(19(3,24)17(11)15)9-13(18(20)23)8-7-12(2)21/h4-6,10,13,24H,7-9H2,1-3H3,(H2,20,23). The van der Waals surface area contributed by atoms with Gasteiger partial charge in [0.05, 0.1) is 0 Å². The molecule has 0 fully saturated rings. The molecule has 3 N–H and O–H groups in total. The average molecular weight is 329 g/mol. The van der Waals surface area contributed by atoms with Gasteiger partial charge in [0.1, 0.15) is 11.4 Å². The summed E-state index contributed by atoms with van der Waals surface area (Å²) >= 11 is 0. The topological polar surface area (TPSA) is 97.5 Å². The predicted octanol–water partition coefficient (Wildman–Crippen LogP) is 2.19. The second-order valence-electron chi connectivity index (χ2n) is 6.65. The first-order chi connectivity index (χ1) is 11.1. The molecule has 5 nitrogen and oxygen atoms in total. The van der Waals surface area contributed by atoms with Crippen molar-refractivity contribution in [2.24, 2.45) is 11.7 Å². The second-order valence-corrected chi connectivity index (χ2v) is 6.65. The summed E-state index contributed by atoms with van der Waals surface area (Å²) in [6, 6.07) is 5.30. The number of nitrogens with two attached hydrogens (primary N) is 1. The Morgan fingerprint density at radius 3 is 2.58 bits per heavy atom. The molecule has 5 heteroatoms. The number of ketones is 2. The van der Waals surface area contributed by atoms with Crippen LogP contribution in [0.5, 0.6) is 0 Å². The van der Waals surface area contributed by atoms with Crippen LogP contribution in [-0.4, -0.2) is 22.6 Å². The lowest BCUT2D eigenvalue weighted by Crippen LogP contribution is -2.35. The van der Waals surface area contributed by atoms with Crippen molar-refractivity contribution in [3.05, 3.63) is 46.5 Å². The number of benzene rings is 1. The molecule has 0 radical (unpaired) electrons. The quantitative estimate of drug-likeness (QED) is 0.836. The van der Waals surface area contributed by atoms with Gasteiger partial charge in [-0.05, 0) is 50.8 Å². The average Bonchev–Trinajstić information content (AvgIpc) is 2.47. The number of allylic oxidation sites excluding steroid dienone is 1. The van der Waals surface area contributed by atoms with Crippen molar-refractivity contribution in [2.45, 2.75) is 45.6 Å². The number of hydrogen-bond donors (Lipinski definition) is 2. The SMILES string of the molecule is CC(=O)CCC(CC1=CC(=O)c2cccc(C)c2C1(C)O)C(N)=O. The van der Waals surface area contributed by atoms with Crippen molar-refractivity contribution in [1.82, 2.24) is 0 Å². The third-order valence-electron chi connectivity index (χ3n) is 4.67. The van der Waals surface area contributed by atoms with Crippen molar-refractivity contribution in [2.75, 3.05) is 0 Å². The molecular formula is C19H23NO4. The van der Waals surface area contributed by atoms with Crippen LogP contribution in [0.25, 0.3) is 0 Å². The third-order valence-corrected chi connectivity index (χ3v) is 4.67. The molecule has 0 bridgehead atoms. The van der Waals surface area contributed by atoms with Gasteiger partial charge in [0.15, 0.2) is 5.78 Å². The van der Waals surface area contributed by atoms with E-state index in [0.29, 0.717) is 23.1 Å². The lowest BCUT2D eigenvalue weighted by molar-refractivity contribution is -0.122. The molecule has 1 aliphatic carbocycles. The molecule has 128 valence electrons. The fraction of sp³-hybridized carbons (Fsp3) is 0.421. The fourth-order valence-corrected chi connectivity index (χ4v) is 3.30. The highest BCUT2D eigenvalue weighted by Gasteiger charge is 2.38. The number of carbonyl (C=O) groups is 3. The van der Waals surface area contributed by atoms with E-state index in [-0.39, 0.29) is 24.4 Å². The lowest BCUT2D eigenvalue weighted by Gasteiger charge is -2.34. The monoisotopic (exact) mass is 329 g/mol. The van der Waals surface area contributed by atoms with E-state index in [1.807, 2.05) is 13.0 Å². The van der Waals surface area contributed by atoms with Crippen LogP contribution >= 0.6 is 0 Å². The molecule has 0 saturated carbocycles. The molecule has 2 rings (SSSR count). The maximum Gasteiger partial charge on any atom is 0.220 e. The Kier molecular flexibility index (Phi) is 5.04. The Bertz CT molecular complexity index is 731. The summed E-state index contributed by atoms with van der Waals surface area (Å²) in [7, 11) is 0.